The molecule has 1 N–H and O–H groups in total. The molecular weight excluding hydrogens is 664 g/mol. The zero-order valence-corrected chi connectivity index (χ0v) is 32.4. The molecule has 0 aliphatic heterocycles. The Morgan fingerprint density at radius 2 is 0.694 bits per heavy atom. The molecule has 0 aromatic heterocycles. The summed E-state index contributed by atoms with van der Waals surface area (Å²) in [5, 5.41) is -1.93. The van der Waals surface area contributed by atoms with Gasteiger partial charge >= 0.3 is 63.3 Å². The van der Waals surface area contributed by atoms with Crippen molar-refractivity contribution in [2.24, 2.45) is 0 Å². The Kier molecular flexibility index (Phi) is 41.8. The van der Waals surface area contributed by atoms with Crippen LogP contribution in [-0.2, 0) is 29.2 Å². The predicted molar refractivity (Wildman–Crippen MR) is 208 cm³/mol. The normalized spacial score (nSPS) is 12.1. The molecule has 0 aliphatic carbocycles. The van der Waals surface area contributed by atoms with Gasteiger partial charge in [-0.05, 0) is 12.8 Å². The van der Waals surface area contributed by atoms with E-state index >= 15 is 0 Å². The molecule has 0 amide bonds. The second kappa shape index (κ2) is 39.7. The van der Waals surface area contributed by atoms with Gasteiger partial charge in [0.15, 0.2) is 5.25 Å². The third-order valence-electron chi connectivity index (χ3n) is 9.48. The van der Waals surface area contributed by atoms with E-state index in [-0.39, 0.29) is 64.6 Å². The number of esters is 2. The second-order valence-corrected chi connectivity index (χ2v) is 15.8. The van der Waals surface area contributed by atoms with Crippen molar-refractivity contribution in [3.63, 3.8) is 0 Å². The third-order valence-corrected chi connectivity index (χ3v) is 10.6. The van der Waals surface area contributed by atoms with Gasteiger partial charge in [-0.1, -0.05) is 206 Å². The summed E-state index contributed by atoms with van der Waals surface area (Å²) >= 11 is 0. The van der Waals surface area contributed by atoms with Crippen molar-refractivity contribution in [1.29, 1.82) is 0 Å². The van der Waals surface area contributed by atoms with Crippen LogP contribution in [-0.4, -0.2) is 94.8 Å². The summed E-state index contributed by atoms with van der Waals surface area (Å²) in [5.41, 5.74) is 0. The number of carbonyl (C=O) groups excluding carboxylic acids is 2. The van der Waals surface area contributed by atoms with E-state index in [0.29, 0.717) is 12.8 Å². The SMILES string of the molecule is CCCCCCCCCCCCCCCCCCOC(=O)CC(C(=O)OCCCCCCCCCCCCCCCCCC)S(=O)(=O)O.[KH]. The molecule has 0 aromatic rings. The minimum atomic E-state index is -4.77. The van der Waals surface area contributed by atoms with Gasteiger partial charge in [0.25, 0.3) is 10.1 Å². The molecule has 7 nitrogen and oxygen atoms in total. The molecule has 49 heavy (non-hydrogen) atoms. The van der Waals surface area contributed by atoms with Gasteiger partial charge in [0, 0.05) is 0 Å². The molecule has 0 aliphatic rings. The summed E-state index contributed by atoms with van der Waals surface area (Å²) in [7, 11) is -4.77. The molecule has 0 aromatic carbocycles. The Morgan fingerprint density at radius 3 is 0.959 bits per heavy atom. The molecule has 0 fully saturated rings. The van der Waals surface area contributed by atoms with Gasteiger partial charge in [-0.25, -0.2) is 0 Å². The van der Waals surface area contributed by atoms with Crippen molar-refractivity contribution in [3.05, 3.63) is 0 Å². The van der Waals surface area contributed by atoms with Crippen LogP contribution in [0.3, 0.4) is 0 Å². The second-order valence-electron chi connectivity index (χ2n) is 14.2. The number of ether oxygens (including phenoxy) is 2. The zero-order chi connectivity index (χ0) is 35.4. The Balaban J connectivity index is 0. The van der Waals surface area contributed by atoms with E-state index in [4.69, 9.17) is 9.47 Å². The topological polar surface area (TPSA) is 107 Å². The van der Waals surface area contributed by atoms with E-state index in [0.717, 1.165) is 32.1 Å². The average molecular weight is 743 g/mol. The maximum atomic E-state index is 12.3. The molecule has 288 valence electrons. The van der Waals surface area contributed by atoms with Crippen molar-refractivity contribution in [2.75, 3.05) is 13.2 Å². The van der Waals surface area contributed by atoms with Crippen LogP contribution in [0.2, 0.25) is 0 Å². The zero-order valence-electron chi connectivity index (χ0n) is 31.6. The van der Waals surface area contributed by atoms with Gasteiger partial charge in [0.1, 0.15) is 0 Å². The van der Waals surface area contributed by atoms with Crippen LogP contribution in [0.15, 0.2) is 0 Å². The third kappa shape index (κ3) is 38.0. The summed E-state index contributed by atoms with van der Waals surface area (Å²) in [5.74, 6) is -1.89. The van der Waals surface area contributed by atoms with Crippen LogP contribution < -0.4 is 0 Å². The molecule has 0 bridgehead atoms. The van der Waals surface area contributed by atoms with Crippen molar-refractivity contribution in [1.82, 2.24) is 0 Å². The molecular formula is C40H79KO7S. The van der Waals surface area contributed by atoms with Gasteiger partial charge < -0.3 is 9.47 Å². The molecule has 1 unspecified atom stereocenters. The van der Waals surface area contributed by atoms with E-state index in [9.17, 15) is 22.6 Å². The summed E-state index contributed by atoms with van der Waals surface area (Å²) in [6.45, 7) is 4.78. The van der Waals surface area contributed by atoms with E-state index < -0.39 is 33.7 Å². The summed E-state index contributed by atoms with van der Waals surface area (Å²) in [4.78, 5) is 24.5. The molecule has 0 saturated heterocycles. The van der Waals surface area contributed by atoms with Crippen molar-refractivity contribution in [2.45, 2.75) is 231 Å². The minimum absolute atomic E-state index is 0. The Hall–Kier alpha value is 0.486. The Morgan fingerprint density at radius 1 is 0.449 bits per heavy atom. The van der Waals surface area contributed by atoms with Crippen molar-refractivity contribution < 1.29 is 32.0 Å². The van der Waals surface area contributed by atoms with Gasteiger partial charge in [-0.2, -0.15) is 8.42 Å². The van der Waals surface area contributed by atoms with Crippen LogP contribution in [0.1, 0.15) is 226 Å². The first-order valence-corrected chi connectivity index (χ1v) is 22.1. The number of hydrogen-bond donors (Lipinski definition) is 1. The molecule has 1 atom stereocenters. The fourth-order valence-electron chi connectivity index (χ4n) is 6.27. The van der Waals surface area contributed by atoms with E-state index in [1.54, 1.807) is 0 Å². The fraction of sp³-hybridized carbons (Fsp3) is 0.950. The van der Waals surface area contributed by atoms with Gasteiger partial charge in [-0.15, -0.1) is 0 Å². The van der Waals surface area contributed by atoms with Crippen LogP contribution in [0, 0.1) is 0 Å². The van der Waals surface area contributed by atoms with Crippen molar-refractivity contribution in [3.8, 4) is 0 Å². The van der Waals surface area contributed by atoms with Gasteiger partial charge in [0.2, 0.25) is 0 Å². The number of rotatable bonds is 38. The first-order chi connectivity index (χ1) is 23.3. The van der Waals surface area contributed by atoms with Gasteiger partial charge in [0.05, 0.1) is 19.6 Å². The molecule has 0 radical (unpaired) electrons. The molecule has 0 rings (SSSR count). The van der Waals surface area contributed by atoms with Crippen molar-refractivity contribution >= 4 is 73.4 Å². The molecule has 0 spiro atoms. The summed E-state index contributed by atoms with van der Waals surface area (Å²) in [6, 6.07) is 0. The standard InChI is InChI=1S/C40H78O7S.K.H/c1-3-5-7-9-11-13-15-17-19-21-23-25-27-29-31-33-35-46-39(41)37-38(48(43,44)45)40(42)47-36-34-32-30-28-26-24-22-20-18-16-14-12-10-8-6-4-2;;/h38H,3-37H2,1-2H3,(H,43,44,45);;. The number of unbranched alkanes of at least 4 members (excludes halogenated alkanes) is 30. The molecule has 0 heterocycles. The summed E-state index contributed by atoms with van der Waals surface area (Å²) in [6.07, 6.45) is 39.0. The first kappa shape index (κ1) is 51.6. The van der Waals surface area contributed by atoms with Crippen LogP contribution >= 0.6 is 0 Å². The van der Waals surface area contributed by atoms with E-state index in [1.165, 1.54) is 161 Å². The molecule has 9 heteroatoms. The van der Waals surface area contributed by atoms with E-state index in [1.807, 2.05) is 0 Å². The fourth-order valence-corrected chi connectivity index (χ4v) is 6.93. The summed E-state index contributed by atoms with van der Waals surface area (Å²) < 4.78 is 43.3. The van der Waals surface area contributed by atoms with Crippen LogP contribution in [0.4, 0.5) is 0 Å². The monoisotopic (exact) mass is 743 g/mol. The Bertz CT molecular complexity index is 821. The number of hydrogen-bond acceptors (Lipinski definition) is 6. The van der Waals surface area contributed by atoms with E-state index in [2.05, 4.69) is 13.8 Å². The van der Waals surface area contributed by atoms with Gasteiger partial charge in [-0.3, -0.25) is 14.1 Å². The first-order valence-electron chi connectivity index (χ1n) is 20.6. The predicted octanol–water partition coefficient (Wildman–Crippen LogP) is 11.6. The van der Waals surface area contributed by atoms with Crippen LogP contribution in [0.5, 0.6) is 0 Å². The molecule has 0 saturated carbocycles. The Labute approximate surface area is 346 Å². The quantitative estimate of drug-likeness (QED) is 0.0290. The van der Waals surface area contributed by atoms with Crippen LogP contribution in [0.25, 0.3) is 0 Å². The average Bonchev–Trinajstić information content (AvgIpc) is 3.05. The maximum absolute atomic E-state index is 12.3. The number of carbonyl (C=O) groups is 2.